The smallest absolute Gasteiger partial charge is 0.178 e. The van der Waals surface area contributed by atoms with Crippen molar-refractivity contribution in [3.8, 4) is 11.6 Å². The van der Waals surface area contributed by atoms with Crippen molar-refractivity contribution < 1.29 is 0 Å². The quantitative estimate of drug-likeness (QED) is 0.666. The van der Waals surface area contributed by atoms with Crippen LogP contribution in [0.2, 0.25) is 0 Å². The van der Waals surface area contributed by atoms with Crippen LogP contribution in [0.25, 0.3) is 22.7 Å². The fourth-order valence-electron chi connectivity index (χ4n) is 1.94. The van der Waals surface area contributed by atoms with Gasteiger partial charge in [-0.15, -0.1) is 0 Å². The first-order valence-electron chi connectivity index (χ1n) is 5.39. The number of hydrogen-bond acceptors (Lipinski definition) is 3. The molecule has 0 saturated carbocycles. The molecule has 0 aliphatic carbocycles. The van der Waals surface area contributed by atoms with Crippen molar-refractivity contribution in [3.05, 3.63) is 30.0 Å². The van der Waals surface area contributed by atoms with E-state index in [0.717, 1.165) is 22.7 Å². The lowest BCUT2D eigenvalue weighted by molar-refractivity contribution is 0.913. The highest BCUT2D eigenvalue weighted by Gasteiger charge is 2.10. The topological polar surface area (TPSA) is 72.5 Å². The second-order valence-electron chi connectivity index (χ2n) is 4.21. The Morgan fingerprint density at radius 1 is 1.29 bits per heavy atom. The third kappa shape index (κ3) is 1.56. The van der Waals surface area contributed by atoms with Gasteiger partial charge in [-0.05, 0) is 24.6 Å². The molecule has 0 bridgehead atoms. The van der Waals surface area contributed by atoms with E-state index < -0.39 is 0 Å². The Labute approximate surface area is 98.3 Å². The predicted molar refractivity (Wildman–Crippen MR) is 67.4 cm³/mol. The van der Waals surface area contributed by atoms with Crippen LogP contribution in [-0.4, -0.2) is 19.5 Å². The van der Waals surface area contributed by atoms with E-state index >= 15 is 0 Å². The first-order valence-corrected chi connectivity index (χ1v) is 5.39. The highest BCUT2D eigenvalue weighted by atomic mass is 15.1. The van der Waals surface area contributed by atoms with Crippen LogP contribution in [0, 0.1) is 6.92 Å². The fraction of sp³-hybridized carbons (Fsp3) is 0.167. The summed E-state index contributed by atoms with van der Waals surface area (Å²) in [5.74, 6) is 1.99. The normalized spacial score (nSPS) is 11.2. The van der Waals surface area contributed by atoms with Crippen molar-refractivity contribution in [1.29, 1.82) is 0 Å². The van der Waals surface area contributed by atoms with Gasteiger partial charge in [-0.25, -0.2) is 9.97 Å². The molecule has 1 aromatic carbocycles. The van der Waals surface area contributed by atoms with E-state index in [4.69, 9.17) is 5.73 Å². The van der Waals surface area contributed by atoms with Gasteiger partial charge in [-0.1, -0.05) is 6.07 Å². The molecule has 3 rings (SSSR count). The Morgan fingerprint density at radius 3 is 2.82 bits per heavy atom. The first kappa shape index (κ1) is 9.89. The van der Waals surface area contributed by atoms with Crippen LogP contribution < -0.4 is 5.73 Å². The van der Waals surface area contributed by atoms with Gasteiger partial charge in [0.15, 0.2) is 11.6 Å². The minimum absolute atomic E-state index is 0.499. The third-order valence-corrected chi connectivity index (χ3v) is 2.74. The SMILES string of the molecule is Cc1ccc2nc(-c3nc(N)cn3C)[nH]c2c1. The number of imidazole rings is 2. The highest BCUT2D eigenvalue weighted by Crippen LogP contribution is 2.20. The molecular formula is C12H13N5. The van der Waals surface area contributed by atoms with Crippen LogP contribution in [0.4, 0.5) is 5.82 Å². The van der Waals surface area contributed by atoms with Gasteiger partial charge in [0.05, 0.1) is 11.0 Å². The zero-order chi connectivity index (χ0) is 12.0. The Kier molecular flexibility index (Phi) is 1.95. The molecule has 0 atom stereocenters. The van der Waals surface area contributed by atoms with Gasteiger partial charge in [0.2, 0.25) is 0 Å². The number of nitrogens with one attached hydrogen (secondary N) is 1. The summed E-state index contributed by atoms with van der Waals surface area (Å²) < 4.78 is 1.86. The van der Waals surface area contributed by atoms with Crippen LogP contribution in [0.3, 0.4) is 0 Å². The van der Waals surface area contributed by atoms with E-state index in [1.165, 1.54) is 5.56 Å². The number of anilines is 1. The maximum atomic E-state index is 5.66. The van der Waals surface area contributed by atoms with E-state index in [0.29, 0.717) is 5.82 Å². The molecule has 2 aromatic heterocycles. The minimum atomic E-state index is 0.499. The highest BCUT2D eigenvalue weighted by molar-refractivity contribution is 5.79. The molecular weight excluding hydrogens is 214 g/mol. The second kappa shape index (κ2) is 3.35. The van der Waals surface area contributed by atoms with Crippen molar-refractivity contribution in [2.45, 2.75) is 6.92 Å². The Bertz CT molecular complexity index is 692. The molecule has 5 nitrogen and oxygen atoms in total. The van der Waals surface area contributed by atoms with Crippen LogP contribution in [0.15, 0.2) is 24.4 Å². The number of aromatic nitrogens is 4. The van der Waals surface area contributed by atoms with E-state index in [9.17, 15) is 0 Å². The number of aryl methyl sites for hydroxylation is 2. The number of nitrogens with zero attached hydrogens (tertiary/aromatic N) is 3. The number of rotatable bonds is 1. The van der Waals surface area contributed by atoms with Crippen LogP contribution in [0.1, 0.15) is 5.56 Å². The lowest BCUT2D eigenvalue weighted by Gasteiger charge is -1.94. The van der Waals surface area contributed by atoms with Gasteiger partial charge in [-0.2, -0.15) is 0 Å². The van der Waals surface area contributed by atoms with Crippen molar-refractivity contribution >= 4 is 16.9 Å². The maximum absolute atomic E-state index is 5.66. The maximum Gasteiger partial charge on any atom is 0.178 e. The monoisotopic (exact) mass is 227 g/mol. The van der Waals surface area contributed by atoms with Gasteiger partial charge >= 0.3 is 0 Å². The Morgan fingerprint density at radius 2 is 2.12 bits per heavy atom. The summed E-state index contributed by atoms with van der Waals surface area (Å²) in [7, 11) is 1.90. The summed E-state index contributed by atoms with van der Waals surface area (Å²) in [4.78, 5) is 12.0. The molecule has 0 aliphatic heterocycles. The van der Waals surface area contributed by atoms with Gasteiger partial charge < -0.3 is 15.3 Å². The number of fused-ring (bicyclic) bond motifs is 1. The molecule has 0 unspecified atom stereocenters. The number of aromatic amines is 1. The Balaban J connectivity index is 2.21. The summed E-state index contributed by atoms with van der Waals surface area (Å²) in [5.41, 5.74) is 8.82. The molecule has 5 heteroatoms. The fourth-order valence-corrected chi connectivity index (χ4v) is 1.94. The molecule has 0 amide bonds. The lowest BCUT2D eigenvalue weighted by atomic mass is 10.2. The van der Waals surface area contributed by atoms with Gasteiger partial charge in [0, 0.05) is 13.2 Å². The summed E-state index contributed by atoms with van der Waals surface area (Å²) in [6.07, 6.45) is 1.77. The zero-order valence-corrected chi connectivity index (χ0v) is 9.73. The van der Waals surface area contributed by atoms with Crippen molar-refractivity contribution in [3.63, 3.8) is 0 Å². The van der Waals surface area contributed by atoms with E-state index in [1.807, 2.05) is 23.7 Å². The van der Waals surface area contributed by atoms with Gasteiger partial charge in [0.1, 0.15) is 5.82 Å². The Hall–Kier alpha value is -2.30. The summed E-state index contributed by atoms with van der Waals surface area (Å²) >= 11 is 0. The average molecular weight is 227 g/mol. The molecule has 3 N–H and O–H groups in total. The van der Waals surface area contributed by atoms with E-state index in [-0.39, 0.29) is 0 Å². The van der Waals surface area contributed by atoms with Gasteiger partial charge in [0.25, 0.3) is 0 Å². The van der Waals surface area contributed by atoms with Crippen LogP contribution >= 0.6 is 0 Å². The van der Waals surface area contributed by atoms with Gasteiger partial charge in [-0.3, -0.25) is 0 Å². The minimum Gasteiger partial charge on any atom is -0.382 e. The van der Waals surface area contributed by atoms with Crippen molar-refractivity contribution in [2.75, 3.05) is 5.73 Å². The number of hydrogen-bond donors (Lipinski definition) is 2. The molecule has 0 fully saturated rings. The predicted octanol–water partition coefficient (Wildman–Crippen LogP) is 1.85. The molecule has 0 radical (unpaired) electrons. The van der Waals surface area contributed by atoms with E-state index in [1.54, 1.807) is 6.20 Å². The van der Waals surface area contributed by atoms with Crippen molar-refractivity contribution in [2.24, 2.45) is 7.05 Å². The molecule has 0 spiro atoms. The zero-order valence-electron chi connectivity index (χ0n) is 9.73. The molecule has 2 heterocycles. The number of nitrogens with two attached hydrogens (primary N) is 1. The summed E-state index contributed by atoms with van der Waals surface area (Å²) in [6.45, 7) is 2.05. The average Bonchev–Trinajstić information content (AvgIpc) is 2.80. The van der Waals surface area contributed by atoms with Crippen LogP contribution in [-0.2, 0) is 7.05 Å². The number of benzene rings is 1. The molecule has 17 heavy (non-hydrogen) atoms. The van der Waals surface area contributed by atoms with Crippen LogP contribution in [0.5, 0.6) is 0 Å². The standard InChI is InChI=1S/C12H13N5/c1-7-3-4-8-9(5-7)15-11(14-8)12-16-10(13)6-17(12)2/h3-6H,13H2,1-2H3,(H,14,15). The molecule has 3 aromatic rings. The number of nitrogen functional groups attached to an aromatic ring is 1. The summed E-state index contributed by atoms with van der Waals surface area (Å²) in [6, 6.07) is 6.11. The summed E-state index contributed by atoms with van der Waals surface area (Å²) in [5, 5.41) is 0. The lowest BCUT2D eigenvalue weighted by Crippen LogP contribution is -1.92. The largest absolute Gasteiger partial charge is 0.382 e. The second-order valence-corrected chi connectivity index (χ2v) is 4.21. The molecule has 86 valence electrons. The van der Waals surface area contributed by atoms with E-state index in [2.05, 4.69) is 27.9 Å². The first-order chi connectivity index (χ1) is 8.13. The molecule has 0 saturated heterocycles. The number of H-pyrrole nitrogens is 1. The third-order valence-electron chi connectivity index (χ3n) is 2.74. The van der Waals surface area contributed by atoms with Crippen molar-refractivity contribution in [1.82, 2.24) is 19.5 Å². The molecule has 0 aliphatic rings.